The second kappa shape index (κ2) is 10.7. The lowest BCUT2D eigenvalue weighted by molar-refractivity contribution is -0.121. The van der Waals surface area contributed by atoms with Crippen LogP contribution in [0.2, 0.25) is 0 Å². The zero-order valence-electron chi connectivity index (χ0n) is 19.6. The van der Waals surface area contributed by atoms with Crippen molar-refractivity contribution in [2.45, 2.75) is 75.9 Å². The van der Waals surface area contributed by atoms with Crippen LogP contribution >= 0.6 is 11.8 Å². The van der Waals surface area contributed by atoms with E-state index in [1.165, 1.54) is 24.6 Å². The van der Waals surface area contributed by atoms with E-state index in [0.717, 1.165) is 18.4 Å². The quantitative estimate of drug-likeness (QED) is 0.378. The predicted molar refractivity (Wildman–Crippen MR) is 131 cm³/mol. The van der Waals surface area contributed by atoms with Crippen molar-refractivity contribution in [2.75, 3.05) is 13.2 Å². The number of para-hydroxylation sites is 1. The lowest BCUT2D eigenvalue weighted by Gasteiger charge is -2.30. The number of carbonyl (C=O) groups is 1. The Labute approximate surface area is 198 Å². The molecule has 0 spiro atoms. The van der Waals surface area contributed by atoms with Gasteiger partial charge in [0.1, 0.15) is 0 Å². The average Bonchev–Trinajstić information content (AvgIpc) is 3.23. The monoisotopic (exact) mass is 471 g/mol. The molecule has 1 N–H and O–H groups in total. The molecule has 0 bridgehead atoms. The molecule has 3 atom stereocenters. The van der Waals surface area contributed by atoms with Gasteiger partial charge in [0.2, 0.25) is 11.7 Å². The Hall–Kier alpha value is -2.39. The predicted octanol–water partition coefficient (Wildman–Crippen LogP) is 3.65. The first-order chi connectivity index (χ1) is 16.0. The van der Waals surface area contributed by atoms with Gasteiger partial charge in [0, 0.05) is 25.8 Å². The lowest BCUT2D eigenvalue weighted by Crippen LogP contribution is -2.44. The summed E-state index contributed by atoms with van der Waals surface area (Å²) in [4.78, 5) is 26.1. The van der Waals surface area contributed by atoms with E-state index >= 15 is 0 Å². The maximum Gasteiger partial charge on any atom is 0.262 e. The van der Waals surface area contributed by atoms with Crippen molar-refractivity contribution >= 4 is 34.3 Å². The highest BCUT2D eigenvalue weighted by Gasteiger charge is 2.26. The minimum absolute atomic E-state index is 0.0184. The number of ether oxygens (including phenoxy) is 1. The Kier molecular flexibility index (Phi) is 7.70. The molecule has 0 aliphatic heterocycles. The van der Waals surface area contributed by atoms with Crippen molar-refractivity contribution in [2.24, 2.45) is 5.92 Å². The maximum atomic E-state index is 13.2. The molecule has 1 aliphatic rings. The smallest absolute Gasteiger partial charge is 0.262 e. The molecule has 3 aromatic rings. The molecule has 1 aromatic carbocycles. The van der Waals surface area contributed by atoms with Gasteiger partial charge in [-0.2, -0.15) is 0 Å². The highest BCUT2D eigenvalue weighted by molar-refractivity contribution is 8.00. The molecule has 2 heterocycles. The van der Waals surface area contributed by atoms with Crippen LogP contribution in [0.3, 0.4) is 0 Å². The molecule has 4 rings (SSSR count). The Balaban J connectivity index is 1.62. The zero-order valence-corrected chi connectivity index (χ0v) is 20.4. The minimum atomic E-state index is -0.330. The summed E-state index contributed by atoms with van der Waals surface area (Å²) < 4.78 is 9.00. The summed E-state index contributed by atoms with van der Waals surface area (Å²) in [5, 5.41) is 12.9. The van der Waals surface area contributed by atoms with E-state index in [9.17, 15) is 9.59 Å². The van der Waals surface area contributed by atoms with Gasteiger partial charge in [0.15, 0.2) is 5.16 Å². The topological polar surface area (TPSA) is 90.5 Å². The normalized spacial score (nSPS) is 19.7. The number of amides is 1. The van der Waals surface area contributed by atoms with Crippen LogP contribution in [-0.2, 0) is 16.1 Å². The van der Waals surface area contributed by atoms with E-state index in [1.807, 2.05) is 42.5 Å². The van der Waals surface area contributed by atoms with Crippen molar-refractivity contribution in [1.29, 1.82) is 0 Å². The molecule has 0 saturated heterocycles. The van der Waals surface area contributed by atoms with Gasteiger partial charge in [-0.3, -0.25) is 18.6 Å². The molecular formula is C24H33N5O3S. The molecule has 0 radical (unpaired) electrons. The van der Waals surface area contributed by atoms with Crippen LogP contribution in [0.15, 0.2) is 34.2 Å². The number of aromatic nitrogens is 4. The maximum absolute atomic E-state index is 13.2. The highest BCUT2D eigenvalue weighted by Crippen LogP contribution is 2.27. The van der Waals surface area contributed by atoms with Crippen molar-refractivity contribution in [3.8, 4) is 0 Å². The number of nitrogens with one attached hydrogen (secondary N) is 1. The van der Waals surface area contributed by atoms with Gasteiger partial charge in [-0.15, -0.1) is 10.2 Å². The zero-order chi connectivity index (χ0) is 23.4. The van der Waals surface area contributed by atoms with Gasteiger partial charge in [-0.1, -0.05) is 43.7 Å². The first-order valence-corrected chi connectivity index (χ1v) is 12.8. The third kappa shape index (κ3) is 5.09. The van der Waals surface area contributed by atoms with Crippen molar-refractivity contribution in [1.82, 2.24) is 24.5 Å². The number of nitrogens with zero attached hydrogens (tertiary/aromatic N) is 4. The second-order valence-electron chi connectivity index (χ2n) is 8.78. The van der Waals surface area contributed by atoms with Crippen molar-refractivity contribution in [3.05, 3.63) is 34.6 Å². The van der Waals surface area contributed by atoms with Crippen LogP contribution in [-0.4, -0.2) is 49.6 Å². The lowest BCUT2D eigenvalue weighted by atomic mass is 9.86. The molecule has 33 heavy (non-hydrogen) atoms. The summed E-state index contributed by atoms with van der Waals surface area (Å²) in [5.41, 5.74) is 0.662. The Bertz CT molecular complexity index is 1170. The molecule has 3 unspecified atom stereocenters. The highest BCUT2D eigenvalue weighted by atomic mass is 32.2. The molecule has 178 valence electrons. The SMILES string of the molecule is CCOCCCn1c(=O)c2ccccc2n2c(SC(C)C(=O)NC3CCCCC3C)nnc12. The molecule has 9 heteroatoms. The molecular weight excluding hydrogens is 438 g/mol. The van der Waals surface area contributed by atoms with Gasteiger partial charge >= 0.3 is 0 Å². The van der Waals surface area contributed by atoms with Crippen molar-refractivity contribution in [3.63, 3.8) is 0 Å². The van der Waals surface area contributed by atoms with Crippen LogP contribution in [0.1, 0.15) is 52.9 Å². The summed E-state index contributed by atoms with van der Waals surface area (Å²) in [7, 11) is 0. The van der Waals surface area contributed by atoms with E-state index < -0.39 is 0 Å². The number of thioether (sulfide) groups is 1. The Morgan fingerprint density at radius 3 is 2.85 bits per heavy atom. The first-order valence-electron chi connectivity index (χ1n) is 11.9. The van der Waals surface area contributed by atoms with E-state index in [1.54, 1.807) is 4.57 Å². The molecule has 2 aromatic heterocycles. The fourth-order valence-electron chi connectivity index (χ4n) is 4.52. The average molecular weight is 472 g/mol. The summed E-state index contributed by atoms with van der Waals surface area (Å²) in [6.07, 6.45) is 5.31. The van der Waals surface area contributed by atoms with Gasteiger partial charge in [0.05, 0.1) is 16.2 Å². The molecule has 8 nitrogen and oxygen atoms in total. The summed E-state index contributed by atoms with van der Waals surface area (Å²) >= 11 is 1.38. The standard InChI is InChI=1S/C24H33N5O3S/c1-4-32-15-9-14-28-22(31)18-11-6-8-13-20(18)29-23(28)26-27-24(29)33-17(3)21(30)25-19-12-7-5-10-16(19)2/h6,8,11,13,16-17,19H,4-5,7,9-10,12,14-15H2,1-3H3,(H,25,30). The molecule has 1 fully saturated rings. The first kappa shape index (κ1) is 23.8. The number of aryl methyl sites for hydroxylation is 1. The molecule has 1 amide bonds. The molecule has 1 aliphatic carbocycles. The summed E-state index contributed by atoms with van der Waals surface area (Å²) in [6, 6.07) is 7.72. The number of fused-ring (bicyclic) bond motifs is 3. The Morgan fingerprint density at radius 1 is 1.27 bits per heavy atom. The summed E-state index contributed by atoms with van der Waals surface area (Å²) in [5.74, 6) is 1.01. The largest absolute Gasteiger partial charge is 0.382 e. The van der Waals surface area contributed by atoms with Crippen LogP contribution in [0, 0.1) is 5.92 Å². The molecule has 1 saturated carbocycles. The van der Waals surface area contributed by atoms with Crippen molar-refractivity contribution < 1.29 is 9.53 Å². The van der Waals surface area contributed by atoms with Gasteiger partial charge in [-0.25, -0.2) is 0 Å². The van der Waals surface area contributed by atoms with Crippen LogP contribution in [0.4, 0.5) is 0 Å². The van der Waals surface area contributed by atoms with Crippen LogP contribution in [0.5, 0.6) is 0 Å². The third-order valence-corrected chi connectivity index (χ3v) is 7.49. The number of hydrogen-bond acceptors (Lipinski definition) is 6. The van der Waals surface area contributed by atoms with Crippen LogP contribution in [0.25, 0.3) is 16.7 Å². The fourth-order valence-corrected chi connectivity index (χ4v) is 5.39. The van der Waals surface area contributed by atoms with Gasteiger partial charge in [-0.05, 0) is 51.2 Å². The number of benzene rings is 1. The van der Waals surface area contributed by atoms with Crippen LogP contribution < -0.4 is 10.9 Å². The van der Waals surface area contributed by atoms with E-state index in [2.05, 4.69) is 22.4 Å². The second-order valence-corrected chi connectivity index (χ2v) is 10.1. The van der Waals surface area contributed by atoms with E-state index in [4.69, 9.17) is 4.74 Å². The number of rotatable bonds is 9. The third-order valence-electron chi connectivity index (χ3n) is 6.44. The fraction of sp³-hybridized carbons (Fsp3) is 0.583. The number of hydrogen-bond donors (Lipinski definition) is 1. The minimum Gasteiger partial charge on any atom is -0.382 e. The van der Waals surface area contributed by atoms with E-state index in [-0.39, 0.29) is 22.8 Å². The summed E-state index contributed by atoms with van der Waals surface area (Å²) in [6.45, 7) is 7.78. The van der Waals surface area contributed by atoms with E-state index in [0.29, 0.717) is 48.4 Å². The van der Waals surface area contributed by atoms with Gasteiger partial charge < -0.3 is 10.1 Å². The number of carbonyl (C=O) groups excluding carboxylic acids is 1. The van der Waals surface area contributed by atoms with Gasteiger partial charge in [0.25, 0.3) is 5.56 Å². The Morgan fingerprint density at radius 2 is 2.06 bits per heavy atom.